The maximum atomic E-state index is 12.9. The second kappa shape index (κ2) is 6.58. The smallest absolute Gasteiger partial charge is 0.282 e. The number of amides is 1. The summed E-state index contributed by atoms with van der Waals surface area (Å²) in [6.07, 6.45) is 0. The number of rotatable bonds is 4. The molecule has 1 fully saturated rings. The van der Waals surface area contributed by atoms with E-state index in [2.05, 4.69) is 10.3 Å². The van der Waals surface area contributed by atoms with E-state index in [0.717, 1.165) is 16.0 Å². The van der Waals surface area contributed by atoms with Crippen LogP contribution in [0.25, 0.3) is 22.2 Å². The third-order valence-corrected chi connectivity index (χ3v) is 4.69. The maximum Gasteiger partial charge on any atom is 0.282 e. The largest absolute Gasteiger partial charge is 0.438 e. The fourth-order valence-corrected chi connectivity index (χ4v) is 3.33. The van der Waals surface area contributed by atoms with E-state index in [4.69, 9.17) is 16.0 Å². The van der Waals surface area contributed by atoms with Crippen LogP contribution in [0.15, 0.2) is 40.8 Å². The predicted octanol–water partition coefficient (Wildman–Crippen LogP) is 3.96. The number of carbonyl (C=O) groups is 1. The lowest BCUT2D eigenvalue weighted by Gasteiger charge is -2.38. The third-order valence-electron chi connectivity index (χ3n) is 4.41. The van der Waals surface area contributed by atoms with Gasteiger partial charge in [0.2, 0.25) is 5.89 Å². The molecule has 0 aliphatic carbocycles. The van der Waals surface area contributed by atoms with Crippen LogP contribution < -0.4 is 5.32 Å². The fourth-order valence-electron chi connectivity index (χ4n) is 3.08. The fraction of sp³-hybridized carbons (Fsp3) is 0.263. The molecular weight excluding hydrogens is 376 g/mol. The first-order valence-electron chi connectivity index (χ1n) is 8.37. The first-order valence-corrected chi connectivity index (χ1v) is 8.75. The topological polar surface area (TPSA) is 58.4 Å². The molecule has 5 nitrogen and oxygen atoms in total. The van der Waals surface area contributed by atoms with Crippen LogP contribution in [0.4, 0.5) is 8.78 Å². The highest BCUT2D eigenvalue weighted by Gasteiger charge is 2.46. The third kappa shape index (κ3) is 3.40. The Hall–Kier alpha value is -2.51. The van der Waals surface area contributed by atoms with Crippen molar-refractivity contribution in [2.75, 3.05) is 20.1 Å². The van der Waals surface area contributed by atoms with Gasteiger partial charge < -0.3 is 14.6 Å². The minimum Gasteiger partial charge on any atom is -0.438 e. The lowest BCUT2D eigenvalue weighted by Crippen LogP contribution is -2.58. The summed E-state index contributed by atoms with van der Waals surface area (Å²) in [7, 11) is 1.80. The Morgan fingerprint density at radius 1 is 1.26 bits per heavy atom. The van der Waals surface area contributed by atoms with E-state index < -0.39 is 24.9 Å². The van der Waals surface area contributed by atoms with Crippen LogP contribution in [0, 0.1) is 0 Å². The van der Waals surface area contributed by atoms with Gasteiger partial charge in [0.15, 0.2) is 5.58 Å². The van der Waals surface area contributed by atoms with Crippen LogP contribution in [-0.4, -0.2) is 41.9 Å². The SMILES string of the molecule is CNCc1nc2cc(-c3ccc(C(=O)N4CC(F)(F)C4)cc3)cc(Cl)c2o1. The van der Waals surface area contributed by atoms with Gasteiger partial charge in [0, 0.05) is 5.56 Å². The number of hydrogen-bond donors (Lipinski definition) is 1. The number of benzene rings is 2. The second-order valence-corrected chi connectivity index (χ2v) is 6.95. The zero-order chi connectivity index (χ0) is 19.2. The zero-order valence-electron chi connectivity index (χ0n) is 14.4. The van der Waals surface area contributed by atoms with Crippen molar-refractivity contribution in [1.29, 1.82) is 0 Å². The van der Waals surface area contributed by atoms with Gasteiger partial charge in [0.05, 0.1) is 24.7 Å². The number of likely N-dealkylation sites (tertiary alicyclic amines) is 1. The van der Waals surface area contributed by atoms with Crippen LogP contribution >= 0.6 is 11.6 Å². The molecule has 0 saturated carbocycles. The number of carbonyl (C=O) groups excluding carboxylic acids is 1. The summed E-state index contributed by atoms with van der Waals surface area (Å²) in [5.74, 6) is -2.63. The van der Waals surface area contributed by atoms with Crippen molar-refractivity contribution in [2.45, 2.75) is 12.5 Å². The number of halogens is 3. The molecule has 0 radical (unpaired) electrons. The van der Waals surface area contributed by atoms with Crippen molar-refractivity contribution in [3.8, 4) is 11.1 Å². The van der Waals surface area contributed by atoms with Gasteiger partial charge in [-0.05, 0) is 42.4 Å². The Balaban J connectivity index is 1.59. The monoisotopic (exact) mass is 391 g/mol. The minimum absolute atomic E-state index is 0.374. The van der Waals surface area contributed by atoms with E-state index in [0.29, 0.717) is 34.1 Å². The first-order chi connectivity index (χ1) is 12.9. The quantitative estimate of drug-likeness (QED) is 0.731. The minimum atomic E-state index is -2.77. The molecule has 4 rings (SSSR count). The molecule has 1 amide bonds. The summed E-state index contributed by atoms with van der Waals surface area (Å²) in [4.78, 5) is 17.7. The molecule has 1 aromatic heterocycles. The van der Waals surface area contributed by atoms with Gasteiger partial charge in [0.25, 0.3) is 11.8 Å². The molecule has 2 aromatic carbocycles. The Morgan fingerprint density at radius 3 is 2.59 bits per heavy atom. The Morgan fingerprint density at radius 2 is 1.96 bits per heavy atom. The van der Waals surface area contributed by atoms with Gasteiger partial charge in [-0.3, -0.25) is 4.79 Å². The summed E-state index contributed by atoms with van der Waals surface area (Å²) < 4.78 is 31.5. The molecule has 27 heavy (non-hydrogen) atoms. The van der Waals surface area contributed by atoms with Gasteiger partial charge in [-0.2, -0.15) is 0 Å². The summed E-state index contributed by atoms with van der Waals surface area (Å²) in [5.41, 5.74) is 3.20. The summed E-state index contributed by atoms with van der Waals surface area (Å²) in [6.45, 7) is -0.561. The molecule has 0 spiro atoms. The molecule has 0 unspecified atom stereocenters. The zero-order valence-corrected chi connectivity index (χ0v) is 15.2. The predicted molar refractivity (Wildman–Crippen MR) is 98.1 cm³/mol. The molecule has 1 N–H and O–H groups in total. The molecule has 3 aromatic rings. The van der Waals surface area contributed by atoms with Gasteiger partial charge in [-0.25, -0.2) is 13.8 Å². The Bertz CT molecular complexity index is 1010. The van der Waals surface area contributed by atoms with Crippen molar-refractivity contribution in [3.63, 3.8) is 0 Å². The van der Waals surface area contributed by atoms with Crippen LogP contribution in [0.2, 0.25) is 5.02 Å². The van der Waals surface area contributed by atoms with Crippen molar-refractivity contribution < 1.29 is 18.0 Å². The van der Waals surface area contributed by atoms with Crippen molar-refractivity contribution in [2.24, 2.45) is 0 Å². The van der Waals surface area contributed by atoms with Gasteiger partial charge >= 0.3 is 0 Å². The lowest BCUT2D eigenvalue weighted by atomic mass is 10.0. The van der Waals surface area contributed by atoms with Crippen molar-refractivity contribution >= 4 is 28.6 Å². The average molecular weight is 392 g/mol. The molecular formula is C19H16ClF2N3O2. The lowest BCUT2D eigenvalue weighted by molar-refractivity contribution is -0.113. The number of alkyl halides is 2. The molecule has 1 aliphatic rings. The molecule has 140 valence electrons. The molecule has 8 heteroatoms. The summed E-state index contributed by atoms with van der Waals surface area (Å²) in [6, 6.07) is 10.4. The van der Waals surface area contributed by atoms with Crippen LogP contribution in [0.1, 0.15) is 16.2 Å². The van der Waals surface area contributed by atoms with Crippen molar-refractivity contribution in [3.05, 3.63) is 52.9 Å². The molecule has 1 aliphatic heterocycles. The maximum absolute atomic E-state index is 12.9. The number of hydrogen-bond acceptors (Lipinski definition) is 4. The number of aromatic nitrogens is 1. The normalized spacial score (nSPS) is 15.8. The highest BCUT2D eigenvalue weighted by molar-refractivity contribution is 6.35. The number of nitrogens with one attached hydrogen (secondary N) is 1. The summed E-state index contributed by atoms with van der Waals surface area (Å²) in [5, 5.41) is 3.41. The Kier molecular flexibility index (Phi) is 4.36. The van der Waals surface area contributed by atoms with Crippen molar-refractivity contribution in [1.82, 2.24) is 15.2 Å². The van der Waals surface area contributed by atoms with Crippen LogP contribution in [0.3, 0.4) is 0 Å². The number of fused-ring (bicyclic) bond motifs is 1. The molecule has 0 atom stereocenters. The highest BCUT2D eigenvalue weighted by atomic mass is 35.5. The number of nitrogens with zero attached hydrogens (tertiary/aromatic N) is 2. The van der Waals surface area contributed by atoms with Gasteiger partial charge in [-0.1, -0.05) is 23.7 Å². The van der Waals surface area contributed by atoms with E-state index in [1.807, 2.05) is 6.07 Å². The van der Waals surface area contributed by atoms with E-state index in [1.54, 1.807) is 37.4 Å². The van der Waals surface area contributed by atoms with E-state index in [9.17, 15) is 13.6 Å². The molecule has 2 heterocycles. The number of oxazole rings is 1. The highest BCUT2D eigenvalue weighted by Crippen LogP contribution is 2.32. The van der Waals surface area contributed by atoms with Crippen LogP contribution in [-0.2, 0) is 6.54 Å². The molecule has 1 saturated heterocycles. The first kappa shape index (κ1) is 17.9. The van der Waals surface area contributed by atoms with Crippen LogP contribution in [0.5, 0.6) is 0 Å². The molecule has 0 bridgehead atoms. The second-order valence-electron chi connectivity index (χ2n) is 6.54. The Labute approximate surface area is 158 Å². The van der Waals surface area contributed by atoms with E-state index in [-0.39, 0.29) is 0 Å². The van der Waals surface area contributed by atoms with E-state index in [1.165, 1.54) is 0 Å². The van der Waals surface area contributed by atoms with Gasteiger partial charge in [-0.15, -0.1) is 0 Å². The van der Waals surface area contributed by atoms with E-state index >= 15 is 0 Å². The standard InChI is InChI=1S/C19H16ClF2N3O2/c1-23-8-16-24-15-7-13(6-14(20)17(15)27-16)11-2-4-12(5-3-11)18(26)25-9-19(21,22)10-25/h2-7,23H,8-10H2,1H3. The van der Waals surface area contributed by atoms with Gasteiger partial charge in [0.1, 0.15) is 5.52 Å². The average Bonchev–Trinajstić information content (AvgIpc) is 3.03. The summed E-state index contributed by atoms with van der Waals surface area (Å²) >= 11 is 6.32.